The zero-order valence-electron chi connectivity index (χ0n) is 11.7. The summed E-state index contributed by atoms with van der Waals surface area (Å²) in [6.07, 6.45) is 11.5. The Morgan fingerprint density at radius 3 is 2.44 bits per heavy atom. The smallest absolute Gasteiger partial charge is 0.222 e. The summed E-state index contributed by atoms with van der Waals surface area (Å²) < 4.78 is 0. The van der Waals surface area contributed by atoms with Crippen molar-refractivity contribution < 1.29 is 4.79 Å². The lowest BCUT2D eigenvalue weighted by Gasteiger charge is -2.30. The van der Waals surface area contributed by atoms with Gasteiger partial charge in [0.25, 0.3) is 0 Å². The molecule has 2 fully saturated rings. The van der Waals surface area contributed by atoms with Crippen molar-refractivity contribution in [3.63, 3.8) is 0 Å². The second-order valence-corrected chi connectivity index (χ2v) is 6.50. The van der Waals surface area contributed by atoms with Gasteiger partial charge in [-0.3, -0.25) is 4.79 Å². The van der Waals surface area contributed by atoms with Crippen LogP contribution >= 0.6 is 0 Å². The van der Waals surface area contributed by atoms with E-state index in [1.54, 1.807) is 0 Å². The van der Waals surface area contributed by atoms with Crippen LogP contribution in [0.4, 0.5) is 0 Å². The summed E-state index contributed by atoms with van der Waals surface area (Å²) >= 11 is 0. The molecule has 1 atom stereocenters. The third-order valence-corrected chi connectivity index (χ3v) is 4.86. The van der Waals surface area contributed by atoms with Crippen molar-refractivity contribution in [3.8, 4) is 0 Å². The lowest BCUT2D eigenvalue weighted by atomic mass is 9.84. The molecule has 0 aromatic heterocycles. The summed E-state index contributed by atoms with van der Waals surface area (Å²) in [5.41, 5.74) is 6.04. The Morgan fingerprint density at radius 2 is 1.83 bits per heavy atom. The summed E-state index contributed by atoms with van der Waals surface area (Å²) in [7, 11) is 0. The van der Waals surface area contributed by atoms with E-state index in [1.807, 2.05) is 0 Å². The number of nitrogens with two attached hydrogens (primary N) is 1. The zero-order chi connectivity index (χ0) is 13.0. The maximum absolute atomic E-state index is 12.1. The van der Waals surface area contributed by atoms with Crippen LogP contribution in [0.3, 0.4) is 0 Å². The molecule has 0 aliphatic heterocycles. The SMILES string of the molecule is C[C@H](NC(=O)CC1(N)CCCC1)C1CCCCC1. The predicted molar refractivity (Wildman–Crippen MR) is 74.2 cm³/mol. The number of carbonyl (C=O) groups is 1. The van der Waals surface area contributed by atoms with E-state index < -0.39 is 0 Å². The average Bonchev–Trinajstić information content (AvgIpc) is 2.76. The Labute approximate surface area is 111 Å². The number of rotatable bonds is 4. The summed E-state index contributed by atoms with van der Waals surface area (Å²) in [6, 6.07) is 0.322. The van der Waals surface area contributed by atoms with Crippen LogP contribution in [0.15, 0.2) is 0 Å². The molecule has 2 aliphatic carbocycles. The molecule has 3 heteroatoms. The minimum absolute atomic E-state index is 0.164. The Morgan fingerprint density at radius 1 is 1.22 bits per heavy atom. The van der Waals surface area contributed by atoms with E-state index in [0.29, 0.717) is 18.4 Å². The monoisotopic (exact) mass is 252 g/mol. The van der Waals surface area contributed by atoms with Gasteiger partial charge in [0.2, 0.25) is 5.91 Å². The summed E-state index contributed by atoms with van der Waals surface area (Å²) in [6.45, 7) is 2.16. The molecular weight excluding hydrogens is 224 g/mol. The fourth-order valence-electron chi connectivity index (χ4n) is 3.63. The van der Waals surface area contributed by atoms with Gasteiger partial charge in [0.15, 0.2) is 0 Å². The van der Waals surface area contributed by atoms with Gasteiger partial charge in [-0.25, -0.2) is 0 Å². The molecule has 2 aliphatic rings. The van der Waals surface area contributed by atoms with Crippen molar-refractivity contribution in [3.05, 3.63) is 0 Å². The van der Waals surface area contributed by atoms with E-state index >= 15 is 0 Å². The van der Waals surface area contributed by atoms with Crippen molar-refractivity contribution in [1.82, 2.24) is 5.32 Å². The fourth-order valence-corrected chi connectivity index (χ4v) is 3.63. The van der Waals surface area contributed by atoms with Crippen molar-refractivity contribution in [2.45, 2.75) is 82.7 Å². The summed E-state index contributed by atoms with van der Waals surface area (Å²) in [5.74, 6) is 0.845. The van der Waals surface area contributed by atoms with Gasteiger partial charge < -0.3 is 11.1 Å². The van der Waals surface area contributed by atoms with Gasteiger partial charge in [0, 0.05) is 18.0 Å². The van der Waals surface area contributed by atoms with Crippen LogP contribution in [0.2, 0.25) is 0 Å². The first kappa shape index (κ1) is 13.9. The number of carbonyl (C=O) groups excluding carboxylic acids is 1. The van der Waals surface area contributed by atoms with E-state index in [1.165, 1.54) is 44.9 Å². The van der Waals surface area contributed by atoms with Crippen LogP contribution in [0.1, 0.15) is 71.1 Å². The molecule has 0 radical (unpaired) electrons. The molecule has 2 saturated carbocycles. The maximum atomic E-state index is 12.1. The first-order chi connectivity index (χ1) is 8.59. The average molecular weight is 252 g/mol. The molecule has 3 nitrogen and oxygen atoms in total. The molecular formula is C15H28N2O. The Kier molecular flexibility index (Phi) is 4.66. The van der Waals surface area contributed by atoms with Crippen molar-refractivity contribution in [1.29, 1.82) is 0 Å². The van der Waals surface area contributed by atoms with Gasteiger partial charge in [-0.2, -0.15) is 0 Å². The second-order valence-electron chi connectivity index (χ2n) is 6.50. The lowest BCUT2D eigenvalue weighted by molar-refractivity contribution is -0.123. The zero-order valence-corrected chi connectivity index (χ0v) is 11.7. The van der Waals surface area contributed by atoms with Gasteiger partial charge in [-0.15, -0.1) is 0 Å². The molecule has 0 bridgehead atoms. The number of nitrogens with one attached hydrogen (secondary N) is 1. The molecule has 1 amide bonds. The number of hydrogen-bond acceptors (Lipinski definition) is 2. The van der Waals surface area contributed by atoms with Crippen molar-refractivity contribution in [2.75, 3.05) is 0 Å². The van der Waals surface area contributed by atoms with Crippen LogP contribution in [0, 0.1) is 5.92 Å². The normalized spacial score (nSPS) is 25.9. The molecule has 2 rings (SSSR count). The van der Waals surface area contributed by atoms with E-state index in [4.69, 9.17) is 5.73 Å². The minimum atomic E-state index is -0.212. The highest BCUT2D eigenvalue weighted by Crippen LogP contribution is 2.30. The van der Waals surface area contributed by atoms with Crippen LogP contribution in [0.25, 0.3) is 0 Å². The summed E-state index contributed by atoms with van der Waals surface area (Å²) in [5, 5.41) is 3.18. The van der Waals surface area contributed by atoms with Crippen molar-refractivity contribution in [2.24, 2.45) is 11.7 Å². The van der Waals surface area contributed by atoms with Crippen LogP contribution < -0.4 is 11.1 Å². The molecule has 104 valence electrons. The van der Waals surface area contributed by atoms with Crippen LogP contribution in [-0.4, -0.2) is 17.5 Å². The largest absolute Gasteiger partial charge is 0.353 e. The standard InChI is InChI=1S/C15H28N2O/c1-12(13-7-3-2-4-8-13)17-14(18)11-15(16)9-5-6-10-15/h12-13H,2-11,16H2,1H3,(H,17,18)/t12-/m0/s1. The summed E-state index contributed by atoms with van der Waals surface area (Å²) in [4.78, 5) is 12.1. The van der Waals surface area contributed by atoms with Gasteiger partial charge >= 0.3 is 0 Å². The van der Waals surface area contributed by atoms with E-state index in [9.17, 15) is 4.79 Å². The van der Waals surface area contributed by atoms with E-state index in [0.717, 1.165) is 12.8 Å². The first-order valence-corrected chi connectivity index (χ1v) is 7.67. The van der Waals surface area contributed by atoms with Crippen LogP contribution in [0.5, 0.6) is 0 Å². The molecule has 3 N–H and O–H groups in total. The molecule has 0 saturated heterocycles. The van der Waals surface area contributed by atoms with Gasteiger partial charge in [0.05, 0.1) is 0 Å². The van der Waals surface area contributed by atoms with Gasteiger partial charge in [-0.1, -0.05) is 32.1 Å². The topological polar surface area (TPSA) is 55.1 Å². The number of hydrogen-bond donors (Lipinski definition) is 2. The molecule has 0 aromatic rings. The Balaban J connectivity index is 1.75. The molecule has 0 aromatic carbocycles. The molecule has 0 unspecified atom stereocenters. The van der Waals surface area contributed by atoms with Gasteiger partial charge in [0.1, 0.15) is 0 Å². The second kappa shape index (κ2) is 6.05. The molecule has 18 heavy (non-hydrogen) atoms. The van der Waals surface area contributed by atoms with E-state index in [2.05, 4.69) is 12.2 Å². The number of amides is 1. The first-order valence-electron chi connectivity index (χ1n) is 7.67. The minimum Gasteiger partial charge on any atom is -0.353 e. The maximum Gasteiger partial charge on any atom is 0.222 e. The Bertz CT molecular complexity index is 278. The Hall–Kier alpha value is -0.570. The van der Waals surface area contributed by atoms with Gasteiger partial charge in [-0.05, 0) is 38.5 Å². The predicted octanol–water partition coefficient (Wildman–Crippen LogP) is 2.73. The van der Waals surface area contributed by atoms with E-state index in [-0.39, 0.29) is 11.4 Å². The lowest BCUT2D eigenvalue weighted by Crippen LogP contribution is -2.46. The van der Waals surface area contributed by atoms with Crippen LogP contribution in [-0.2, 0) is 4.79 Å². The molecule has 0 heterocycles. The quantitative estimate of drug-likeness (QED) is 0.808. The highest BCUT2D eigenvalue weighted by atomic mass is 16.1. The highest BCUT2D eigenvalue weighted by molar-refractivity contribution is 5.77. The third-order valence-electron chi connectivity index (χ3n) is 4.86. The third kappa shape index (κ3) is 3.71. The van der Waals surface area contributed by atoms with Crippen molar-refractivity contribution >= 4 is 5.91 Å². The molecule has 0 spiro atoms. The fraction of sp³-hybridized carbons (Fsp3) is 0.933. The highest BCUT2D eigenvalue weighted by Gasteiger charge is 2.32.